The summed E-state index contributed by atoms with van der Waals surface area (Å²) in [6.07, 6.45) is 1.88. The van der Waals surface area contributed by atoms with Crippen LogP contribution in [0.25, 0.3) is 0 Å². The number of rotatable bonds is 4. The van der Waals surface area contributed by atoms with Crippen molar-refractivity contribution in [2.45, 2.75) is 47.0 Å². The first kappa shape index (κ1) is 18.5. The second-order valence-corrected chi connectivity index (χ2v) is 7.98. The maximum absolute atomic E-state index is 12.4. The lowest BCUT2D eigenvalue weighted by Gasteiger charge is -2.36. The molecule has 0 aliphatic carbocycles. The van der Waals surface area contributed by atoms with E-state index in [9.17, 15) is 9.59 Å². The molecule has 4 nitrogen and oxygen atoms in total. The molecule has 24 heavy (non-hydrogen) atoms. The van der Waals surface area contributed by atoms with Crippen molar-refractivity contribution in [2.24, 2.45) is 5.41 Å². The second-order valence-electron chi connectivity index (χ2n) is 7.98. The van der Waals surface area contributed by atoms with E-state index < -0.39 is 0 Å². The van der Waals surface area contributed by atoms with Crippen molar-refractivity contribution in [3.05, 3.63) is 35.4 Å². The molecule has 1 fully saturated rings. The minimum absolute atomic E-state index is 0.0120. The summed E-state index contributed by atoms with van der Waals surface area (Å²) < 4.78 is 0. The largest absolute Gasteiger partial charge is 0.339 e. The molecule has 0 saturated carbocycles. The summed E-state index contributed by atoms with van der Waals surface area (Å²) in [4.78, 5) is 28.4. The fraction of sp³-hybridized carbons (Fsp3) is 0.600. The summed E-state index contributed by atoms with van der Waals surface area (Å²) in [5.74, 6) is 0.396. The van der Waals surface area contributed by atoms with Gasteiger partial charge in [-0.25, -0.2) is 0 Å². The highest BCUT2D eigenvalue weighted by atomic mass is 16.2. The highest BCUT2D eigenvalue weighted by Crippen LogP contribution is 2.20. The highest BCUT2D eigenvalue weighted by molar-refractivity contribution is 5.79. The number of carbonyl (C=O) groups excluding carboxylic acids is 2. The van der Waals surface area contributed by atoms with Crippen LogP contribution in [-0.4, -0.2) is 47.8 Å². The SMILES string of the molecule is Cc1ccc(CCC(=O)N2CCN(C(=O)CC(C)(C)C)CC2)cc1. The number of aryl methyl sites for hydroxylation is 2. The monoisotopic (exact) mass is 330 g/mol. The molecule has 1 aromatic carbocycles. The summed E-state index contributed by atoms with van der Waals surface area (Å²) in [6.45, 7) is 10.9. The number of benzene rings is 1. The zero-order valence-electron chi connectivity index (χ0n) is 15.5. The molecule has 4 heteroatoms. The number of nitrogens with zero attached hydrogens (tertiary/aromatic N) is 2. The molecular formula is C20H30N2O2. The summed E-state index contributed by atoms with van der Waals surface area (Å²) in [5, 5.41) is 0. The quantitative estimate of drug-likeness (QED) is 0.851. The summed E-state index contributed by atoms with van der Waals surface area (Å²) in [7, 11) is 0. The summed E-state index contributed by atoms with van der Waals surface area (Å²) in [5.41, 5.74) is 2.45. The van der Waals surface area contributed by atoms with E-state index in [1.807, 2.05) is 9.80 Å². The Morgan fingerprint density at radius 2 is 1.42 bits per heavy atom. The van der Waals surface area contributed by atoms with Gasteiger partial charge in [0.05, 0.1) is 0 Å². The standard InChI is InChI=1S/C20H30N2O2/c1-16-5-7-17(8-6-16)9-10-18(23)21-11-13-22(14-12-21)19(24)15-20(2,3)4/h5-8H,9-15H2,1-4H3. The van der Waals surface area contributed by atoms with Gasteiger partial charge in [0, 0.05) is 39.0 Å². The lowest BCUT2D eigenvalue weighted by Crippen LogP contribution is -2.51. The number of carbonyl (C=O) groups is 2. The Morgan fingerprint density at radius 3 is 1.92 bits per heavy atom. The maximum atomic E-state index is 12.4. The Balaban J connectivity index is 1.76. The highest BCUT2D eigenvalue weighted by Gasteiger charge is 2.26. The van der Waals surface area contributed by atoms with Crippen molar-refractivity contribution in [2.75, 3.05) is 26.2 Å². The summed E-state index contributed by atoms with van der Waals surface area (Å²) in [6, 6.07) is 8.34. The van der Waals surface area contributed by atoms with Gasteiger partial charge in [0.2, 0.25) is 11.8 Å². The van der Waals surface area contributed by atoms with Gasteiger partial charge in [-0.3, -0.25) is 9.59 Å². The molecule has 0 aromatic heterocycles. The molecule has 2 rings (SSSR count). The Bertz CT molecular complexity index is 564. The molecule has 2 amide bonds. The van der Waals surface area contributed by atoms with Gasteiger partial charge in [-0.2, -0.15) is 0 Å². The molecule has 0 atom stereocenters. The van der Waals surface area contributed by atoms with Crippen LogP contribution in [0.4, 0.5) is 0 Å². The van der Waals surface area contributed by atoms with Crippen molar-refractivity contribution in [3.8, 4) is 0 Å². The van der Waals surface area contributed by atoms with Gasteiger partial charge in [0.25, 0.3) is 0 Å². The van der Waals surface area contributed by atoms with E-state index in [4.69, 9.17) is 0 Å². The van der Waals surface area contributed by atoms with Gasteiger partial charge in [-0.15, -0.1) is 0 Å². The molecule has 1 aromatic rings. The van der Waals surface area contributed by atoms with E-state index in [0.29, 0.717) is 39.0 Å². The molecule has 0 radical (unpaired) electrons. The molecule has 1 aliphatic heterocycles. The Labute approximate surface area is 145 Å². The molecule has 0 N–H and O–H groups in total. The van der Waals surface area contributed by atoms with Crippen molar-refractivity contribution in [1.29, 1.82) is 0 Å². The average molecular weight is 330 g/mol. The number of hydrogen-bond acceptors (Lipinski definition) is 2. The van der Waals surface area contributed by atoms with Gasteiger partial charge in [-0.1, -0.05) is 50.6 Å². The van der Waals surface area contributed by atoms with Crippen LogP contribution in [0, 0.1) is 12.3 Å². The fourth-order valence-electron chi connectivity index (χ4n) is 2.93. The second kappa shape index (κ2) is 7.82. The molecule has 0 bridgehead atoms. The molecule has 1 aliphatic rings. The van der Waals surface area contributed by atoms with E-state index >= 15 is 0 Å². The normalized spacial score (nSPS) is 15.5. The first-order chi connectivity index (χ1) is 11.2. The van der Waals surface area contributed by atoms with Gasteiger partial charge in [0.1, 0.15) is 0 Å². The van der Waals surface area contributed by atoms with E-state index in [1.165, 1.54) is 11.1 Å². The van der Waals surface area contributed by atoms with E-state index in [0.717, 1.165) is 6.42 Å². The lowest BCUT2D eigenvalue weighted by molar-refractivity contribution is -0.140. The zero-order valence-corrected chi connectivity index (χ0v) is 15.5. The Hall–Kier alpha value is -1.84. The lowest BCUT2D eigenvalue weighted by atomic mass is 9.91. The third-order valence-electron chi connectivity index (χ3n) is 4.41. The third-order valence-corrected chi connectivity index (χ3v) is 4.41. The van der Waals surface area contributed by atoms with Crippen molar-refractivity contribution < 1.29 is 9.59 Å². The maximum Gasteiger partial charge on any atom is 0.223 e. The molecule has 0 unspecified atom stereocenters. The minimum Gasteiger partial charge on any atom is -0.339 e. The van der Waals surface area contributed by atoms with Crippen LogP contribution in [0.3, 0.4) is 0 Å². The number of hydrogen-bond donors (Lipinski definition) is 0. The van der Waals surface area contributed by atoms with Gasteiger partial charge in [0.15, 0.2) is 0 Å². The van der Waals surface area contributed by atoms with Gasteiger partial charge < -0.3 is 9.80 Å². The van der Waals surface area contributed by atoms with Crippen molar-refractivity contribution in [3.63, 3.8) is 0 Å². The summed E-state index contributed by atoms with van der Waals surface area (Å²) >= 11 is 0. The van der Waals surface area contributed by atoms with E-state index in [-0.39, 0.29) is 17.2 Å². The van der Waals surface area contributed by atoms with Crippen LogP contribution in [0.5, 0.6) is 0 Å². The molecule has 0 spiro atoms. The molecule has 132 valence electrons. The molecular weight excluding hydrogens is 300 g/mol. The van der Waals surface area contributed by atoms with Crippen LogP contribution < -0.4 is 0 Å². The Morgan fingerprint density at radius 1 is 0.917 bits per heavy atom. The van der Waals surface area contributed by atoms with Gasteiger partial charge >= 0.3 is 0 Å². The van der Waals surface area contributed by atoms with Gasteiger partial charge in [-0.05, 0) is 24.3 Å². The zero-order chi connectivity index (χ0) is 17.7. The van der Waals surface area contributed by atoms with Crippen LogP contribution in [0.1, 0.15) is 44.7 Å². The third kappa shape index (κ3) is 5.66. The first-order valence-corrected chi connectivity index (χ1v) is 8.86. The molecule has 1 saturated heterocycles. The molecule has 1 heterocycles. The number of amides is 2. The number of piperazine rings is 1. The van der Waals surface area contributed by atoms with E-state index in [2.05, 4.69) is 52.0 Å². The van der Waals surface area contributed by atoms with Crippen molar-refractivity contribution in [1.82, 2.24) is 9.80 Å². The van der Waals surface area contributed by atoms with Crippen LogP contribution in [-0.2, 0) is 16.0 Å². The van der Waals surface area contributed by atoms with Crippen LogP contribution >= 0.6 is 0 Å². The predicted octanol–water partition coefficient (Wildman–Crippen LogP) is 3.03. The minimum atomic E-state index is 0.0120. The topological polar surface area (TPSA) is 40.6 Å². The van der Waals surface area contributed by atoms with Crippen molar-refractivity contribution >= 4 is 11.8 Å². The first-order valence-electron chi connectivity index (χ1n) is 8.86. The van der Waals surface area contributed by atoms with Crippen LogP contribution in [0.15, 0.2) is 24.3 Å². The Kier molecular flexibility index (Phi) is 6.03. The fourth-order valence-corrected chi connectivity index (χ4v) is 2.93. The average Bonchev–Trinajstić information content (AvgIpc) is 2.52. The predicted molar refractivity (Wildman–Crippen MR) is 96.7 cm³/mol. The van der Waals surface area contributed by atoms with E-state index in [1.54, 1.807) is 0 Å². The van der Waals surface area contributed by atoms with Crippen LogP contribution in [0.2, 0.25) is 0 Å². The smallest absolute Gasteiger partial charge is 0.223 e.